The van der Waals surface area contributed by atoms with Gasteiger partial charge in [0.1, 0.15) is 31.2 Å². The van der Waals surface area contributed by atoms with Crippen molar-refractivity contribution in [1.29, 1.82) is 0 Å². The standard InChI is InChI=1S/C16H25O7.C9H14BO3.CH3.V.W/c1-6-13(19)7-21-16-10(3)9(2)15(22-12(5)18)14(23-16)8-20-11(4)17;1-6(11)13-9-4-8(10)3-7(9)5-12-2;;;/h9-10,14-16H,1,6-8H2,2-5H3;4,7-9H,3,5H2,1-2H3;1H3;;/q3*-1;+2;/t;7-,8-,9+;;;/m.1.../s1. The van der Waals surface area contributed by atoms with E-state index in [1.165, 1.54) is 20.8 Å². The van der Waals surface area contributed by atoms with E-state index in [1.54, 1.807) is 7.11 Å². The quantitative estimate of drug-likeness (QED) is 0.142. The van der Waals surface area contributed by atoms with Crippen LogP contribution < -0.4 is 0 Å². The van der Waals surface area contributed by atoms with E-state index in [0.29, 0.717) is 6.61 Å². The smallest absolute Gasteiger partial charge is 0.495 e. The number of hydrogen-bond donors (Lipinski definition) is 0. The zero-order valence-corrected chi connectivity index (χ0v) is 28.3. The Morgan fingerprint density at radius 1 is 1.00 bits per heavy atom. The molecule has 0 N–H and O–H groups in total. The number of carbonyl (C=O) groups is 4. The van der Waals surface area contributed by atoms with Gasteiger partial charge in [0.2, 0.25) is 0 Å². The summed E-state index contributed by atoms with van der Waals surface area (Å²) < 4.78 is 31.7. The van der Waals surface area contributed by atoms with E-state index in [2.05, 4.69) is 6.92 Å². The van der Waals surface area contributed by atoms with E-state index < -0.39 is 30.4 Å². The molecule has 2 aliphatic rings. The summed E-state index contributed by atoms with van der Waals surface area (Å²) in [5.74, 6) is -1.25. The minimum absolute atomic E-state index is 0. The molecule has 5 unspecified atom stereocenters. The van der Waals surface area contributed by atoms with Gasteiger partial charge >= 0.3 is 30.5 Å². The fourth-order valence-electron chi connectivity index (χ4n) is 4.07. The second-order valence-electron chi connectivity index (χ2n) is 9.12. The predicted molar refractivity (Wildman–Crippen MR) is 136 cm³/mol. The first-order chi connectivity index (χ1) is 16.9. The van der Waals surface area contributed by atoms with Crippen LogP contribution in [0.1, 0.15) is 47.5 Å². The van der Waals surface area contributed by atoms with Gasteiger partial charge in [-0.2, -0.15) is 5.82 Å². The summed E-state index contributed by atoms with van der Waals surface area (Å²) in [6, 6.07) is 0. The van der Waals surface area contributed by atoms with Gasteiger partial charge in [-0.1, -0.05) is 20.3 Å². The number of ketones is 1. The van der Waals surface area contributed by atoms with Crippen LogP contribution in [0.5, 0.6) is 0 Å². The van der Waals surface area contributed by atoms with Crippen LogP contribution in [0.25, 0.3) is 0 Å². The molecule has 10 nitrogen and oxygen atoms in total. The summed E-state index contributed by atoms with van der Waals surface area (Å²) in [5, 5.41) is 0. The monoisotopic (exact) mass is 760 g/mol. The Balaban J connectivity index is -0.000000697. The van der Waals surface area contributed by atoms with E-state index in [4.69, 9.17) is 36.3 Å². The Bertz CT molecular complexity index is 744. The maximum atomic E-state index is 11.4. The summed E-state index contributed by atoms with van der Waals surface area (Å²) in [4.78, 5) is 44.4. The maximum absolute atomic E-state index is 11.4. The molecule has 0 bridgehead atoms. The molecule has 1 aliphatic heterocycles. The Labute approximate surface area is 261 Å². The Morgan fingerprint density at radius 3 is 2.08 bits per heavy atom. The van der Waals surface area contributed by atoms with Crippen molar-refractivity contribution < 1.29 is 87.2 Å². The van der Waals surface area contributed by atoms with Crippen LogP contribution in [0.15, 0.2) is 0 Å². The van der Waals surface area contributed by atoms with Crippen LogP contribution >= 0.6 is 0 Å². The van der Waals surface area contributed by atoms with Crippen LogP contribution in [0.4, 0.5) is 0 Å². The van der Waals surface area contributed by atoms with E-state index in [-0.39, 0.29) is 108 Å². The average molecular weight is 760 g/mol. The molecule has 0 spiro atoms. The number of ether oxygens (including phenoxy) is 6. The van der Waals surface area contributed by atoms with Crippen LogP contribution in [0.2, 0.25) is 5.82 Å². The number of rotatable bonds is 10. The zero-order valence-electron chi connectivity index (χ0n) is 24.0. The minimum atomic E-state index is -0.645. The Morgan fingerprint density at radius 2 is 1.59 bits per heavy atom. The molecule has 1 aliphatic carbocycles. The molecule has 2 rings (SSSR count). The van der Waals surface area contributed by atoms with Crippen LogP contribution in [-0.4, -0.2) is 83.1 Å². The van der Waals surface area contributed by atoms with Crippen molar-refractivity contribution in [1.82, 2.24) is 0 Å². The third kappa shape index (κ3) is 15.8. The first kappa shape index (κ1) is 42.8. The molecule has 0 aromatic carbocycles. The molecule has 1 saturated heterocycles. The van der Waals surface area contributed by atoms with Crippen molar-refractivity contribution >= 4 is 31.5 Å². The number of carbonyl (C=O) groups excluding carboxylic acids is 4. The molecular formula is C26H42BO10VW-. The van der Waals surface area contributed by atoms with Gasteiger partial charge in [0, 0.05) is 75.2 Å². The molecule has 0 amide bonds. The van der Waals surface area contributed by atoms with E-state index in [0.717, 1.165) is 6.42 Å². The maximum Gasteiger partial charge on any atom is 2.00 e. The van der Waals surface area contributed by atoms with E-state index >= 15 is 0 Å². The molecule has 0 aromatic heterocycles. The fraction of sp³-hybridized carbons (Fsp3) is 0.731. The van der Waals surface area contributed by atoms with Crippen LogP contribution in [0.3, 0.4) is 0 Å². The van der Waals surface area contributed by atoms with Crippen molar-refractivity contribution in [2.24, 2.45) is 17.8 Å². The third-order valence-corrected chi connectivity index (χ3v) is 6.05. The van der Waals surface area contributed by atoms with Crippen LogP contribution in [0, 0.1) is 38.5 Å². The molecule has 2 fully saturated rings. The van der Waals surface area contributed by atoms with Gasteiger partial charge < -0.3 is 47.6 Å². The summed E-state index contributed by atoms with van der Waals surface area (Å²) in [7, 11) is 7.35. The van der Waals surface area contributed by atoms with Crippen molar-refractivity contribution in [3.8, 4) is 0 Å². The van der Waals surface area contributed by atoms with Gasteiger partial charge in [0.15, 0.2) is 6.29 Å². The molecule has 8 atom stereocenters. The zero-order chi connectivity index (χ0) is 27.4. The summed E-state index contributed by atoms with van der Waals surface area (Å²) in [5.41, 5.74) is 0. The molecule has 3 radical (unpaired) electrons. The second-order valence-corrected chi connectivity index (χ2v) is 9.12. The summed E-state index contributed by atoms with van der Waals surface area (Å²) in [6.07, 6.45) is 0.819. The van der Waals surface area contributed by atoms with Crippen molar-refractivity contribution in [3.63, 3.8) is 0 Å². The molecule has 39 heavy (non-hydrogen) atoms. The van der Waals surface area contributed by atoms with Crippen LogP contribution in [-0.2, 0) is 87.2 Å². The average Bonchev–Trinajstić information content (AvgIpc) is 3.13. The summed E-state index contributed by atoms with van der Waals surface area (Å²) >= 11 is 0. The van der Waals surface area contributed by atoms with Gasteiger partial charge in [-0.3, -0.25) is 20.8 Å². The first-order valence-electron chi connectivity index (χ1n) is 12.0. The van der Waals surface area contributed by atoms with Gasteiger partial charge in [-0.05, 0) is 12.0 Å². The number of Topliss-reactive ketones (excluding diaryl/α,β-unsaturated/α-hetero) is 1. The molecule has 0 aromatic rings. The molecule has 1 heterocycles. The molecule has 1 saturated carbocycles. The second kappa shape index (κ2) is 22.0. The number of esters is 3. The fourth-order valence-corrected chi connectivity index (χ4v) is 4.07. The topological polar surface area (TPSA) is 124 Å². The third-order valence-electron chi connectivity index (χ3n) is 6.05. The molecule has 13 heteroatoms. The molecular weight excluding hydrogens is 718 g/mol. The number of hydrogen-bond acceptors (Lipinski definition) is 10. The first-order valence-corrected chi connectivity index (χ1v) is 12.0. The van der Waals surface area contributed by atoms with E-state index in [9.17, 15) is 19.2 Å². The summed E-state index contributed by atoms with van der Waals surface area (Å²) in [6.45, 7) is 11.8. The van der Waals surface area contributed by atoms with Gasteiger partial charge in [-0.25, -0.2) is 0 Å². The predicted octanol–water partition coefficient (Wildman–Crippen LogP) is 2.48. The van der Waals surface area contributed by atoms with Gasteiger partial charge in [0.25, 0.3) is 5.97 Å². The van der Waals surface area contributed by atoms with E-state index in [1.807, 2.05) is 20.3 Å². The minimum Gasteiger partial charge on any atom is -0.495 e. The Kier molecular flexibility index (Phi) is 24.1. The largest absolute Gasteiger partial charge is 2.00 e. The molecule has 221 valence electrons. The number of methoxy groups -OCH3 is 1. The van der Waals surface area contributed by atoms with Crippen molar-refractivity contribution in [2.75, 3.05) is 26.9 Å². The Hall–Kier alpha value is -0.702. The normalized spacial score (nSPS) is 29.1. The van der Waals surface area contributed by atoms with Crippen molar-refractivity contribution in [2.45, 2.75) is 77.9 Å². The van der Waals surface area contributed by atoms with Gasteiger partial charge in [-0.15, -0.1) is 6.42 Å². The van der Waals surface area contributed by atoms with Gasteiger partial charge in [0.05, 0.1) is 0 Å². The SMILES string of the molecule is [B][C@H]1[CH-][C@H](OC(C)=O)[C@@H](COC)C1.[CH2-]CC(=O)COC1OC(COC(C)=O)C(OC(C)=O)C(C)C1C.[CH3-].[V+2].[W]. The van der Waals surface area contributed by atoms with Crippen molar-refractivity contribution in [3.05, 3.63) is 20.8 Å².